The molecule has 0 N–H and O–H groups in total. The third-order valence-electron chi connectivity index (χ3n) is 3.46. The predicted octanol–water partition coefficient (Wildman–Crippen LogP) is 5.05. The van der Waals surface area contributed by atoms with Crippen LogP contribution in [-0.2, 0) is 6.54 Å². The van der Waals surface area contributed by atoms with E-state index >= 15 is 0 Å². The van der Waals surface area contributed by atoms with Crippen molar-refractivity contribution in [3.8, 4) is 0 Å². The van der Waals surface area contributed by atoms with E-state index in [0.717, 1.165) is 13.0 Å². The van der Waals surface area contributed by atoms with Crippen LogP contribution in [0.15, 0.2) is 11.5 Å². The van der Waals surface area contributed by atoms with Crippen molar-refractivity contribution >= 4 is 17.4 Å². The van der Waals surface area contributed by atoms with Crippen molar-refractivity contribution in [3.63, 3.8) is 0 Å². The minimum atomic E-state index is -1.09. The van der Waals surface area contributed by atoms with Gasteiger partial charge in [0.05, 0.1) is 0 Å². The van der Waals surface area contributed by atoms with Crippen LogP contribution < -0.4 is 0 Å². The van der Waals surface area contributed by atoms with Crippen LogP contribution >= 0.6 is 11.3 Å². The van der Waals surface area contributed by atoms with Crippen LogP contribution in [0.4, 0.5) is 4.39 Å². The van der Waals surface area contributed by atoms with Gasteiger partial charge in [0.25, 0.3) is 0 Å². The fraction of sp³-hybridized carbons (Fsp3) is 0.625. The van der Waals surface area contributed by atoms with Gasteiger partial charge in [0, 0.05) is 18.0 Å². The number of hydrogen-bond acceptors (Lipinski definition) is 2. The van der Waals surface area contributed by atoms with Gasteiger partial charge in [-0.25, -0.2) is 4.39 Å². The molecule has 0 bridgehead atoms. The highest BCUT2D eigenvalue weighted by Gasteiger charge is 2.22. The fourth-order valence-electron chi connectivity index (χ4n) is 2.04. The summed E-state index contributed by atoms with van der Waals surface area (Å²) in [6.07, 6.45) is 5.99. The number of allylic oxidation sites excluding steroid dienone is 1. The zero-order valence-electron chi connectivity index (χ0n) is 12.8. The Morgan fingerprint density at radius 2 is 2.11 bits per heavy atom. The van der Waals surface area contributed by atoms with Crippen LogP contribution in [0, 0.1) is 6.92 Å². The minimum Gasteiger partial charge on any atom is -0.299 e. The molecule has 0 saturated heterocycles. The Kier molecular flexibility index (Phi) is 6.21. The Bertz CT molecular complexity index is 420. The molecule has 0 aromatic carbocycles. The number of thiophene rings is 1. The lowest BCUT2D eigenvalue weighted by Crippen LogP contribution is -2.34. The average molecular weight is 283 g/mol. The van der Waals surface area contributed by atoms with Crippen molar-refractivity contribution in [2.45, 2.75) is 52.8 Å². The molecule has 1 aromatic rings. The van der Waals surface area contributed by atoms with Crippen molar-refractivity contribution < 1.29 is 4.39 Å². The van der Waals surface area contributed by atoms with Gasteiger partial charge < -0.3 is 0 Å². The van der Waals surface area contributed by atoms with Crippen molar-refractivity contribution in [1.29, 1.82) is 0 Å². The molecule has 0 fully saturated rings. The number of rotatable bonds is 7. The van der Waals surface area contributed by atoms with Crippen molar-refractivity contribution in [3.05, 3.63) is 27.5 Å². The lowest BCUT2D eigenvalue weighted by molar-refractivity contribution is 0.116. The lowest BCUT2D eigenvalue weighted by atomic mass is 10.0. The van der Waals surface area contributed by atoms with Crippen molar-refractivity contribution in [1.82, 2.24) is 4.90 Å². The minimum absolute atomic E-state index is 0.485. The van der Waals surface area contributed by atoms with E-state index in [4.69, 9.17) is 0 Å². The van der Waals surface area contributed by atoms with Crippen LogP contribution in [-0.4, -0.2) is 24.2 Å². The average Bonchev–Trinajstić information content (AvgIpc) is 2.68. The van der Waals surface area contributed by atoms with E-state index in [0.29, 0.717) is 13.0 Å². The Labute approximate surface area is 121 Å². The van der Waals surface area contributed by atoms with Gasteiger partial charge >= 0.3 is 0 Å². The highest BCUT2D eigenvalue weighted by atomic mass is 32.1. The predicted molar refractivity (Wildman–Crippen MR) is 84.5 cm³/mol. The Hall–Kier alpha value is -0.670. The lowest BCUT2D eigenvalue weighted by Gasteiger charge is -2.25. The molecule has 19 heavy (non-hydrogen) atoms. The second-order valence-electron chi connectivity index (χ2n) is 5.50. The molecule has 108 valence electrons. The molecule has 1 unspecified atom stereocenters. The van der Waals surface area contributed by atoms with Crippen LogP contribution in [0.1, 0.15) is 49.6 Å². The number of alkyl halides is 1. The maximum absolute atomic E-state index is 14.0. The van der Waals surface area contributed by atoms with E-state index in [9.17, 15) is 4.39 Å². The normalized spacial score (nSPS) is 15.3. The van der Waals surface area contributed by atoms with Gasteiger partial charge in [-0.05, 0) is 56.3 Å². The molecule has 1 atom stereocenters. The fourth-order valence-corrected chi connectivity index (χ4v) is 3.04. The van der Waals surface area contributed by atoms with Crippen LogP contribution in [0.3, 0.4) is 0 Å². The second-order valence-corrected chi connectivity index (χ2v) is 6.41. The maximum Gasteiger partial charge on any atom is 0.120 e. The van der Waals surface area contributed by atoms with Gasteiger partial charge in [-0.15, -0.1) is 11.3 Å². The molecule has 1 nitrogen and oxygen atoms in total. The Morgan fingerprint density at radius 1 is 1.42 bits per heavy atom. The maximum atomic E-state index is 14.0. The second kappa shape index (κ2) is 7.20. The topological polar surface area (TPSA) is 3.24 Å². The molecule has 1 rings (SSSR count). The Morgan fingerprint density at radius 3 is 2.68 bits per heavy atom. The molecule has 0 radical (unpaired) electrons. The van der Waals surface area contributed by atoms with Gasteiger partial charge in [-0.3, -0.25) is 4.90 Å². The number of halogens is 1. The molecule has 0 aliphatic rings. The summed E-state index contributed by atoms with van der Waals surface area (Å²) in [6, 6.07) is 0. The van der Waals surface area contributed by atoms with E-state index in [1.807, 2.05) is 14.0 Å². The molecule has 1 heterocycles. The monoisotopic (exact) mass is 283 g/mol. The van der Waals surface area contributed by atoms with Crippen molar-refractivity contribution in [2.24, 2.45) is 0 Å². The summed E-state index contributed by atoms with van der Waals surface area (Å²) in [4.78, 5) is 3.40. The van der Waals surface area contributed by atoms with Crippen molar-refractivity contribution in [2.75, 3.05) is 13.6 Å². The third kappa shape index (κ3) is 5.07. The quantitative estimate of drug-likeness (QED) is 0.677. The zero-order valence-corrected chi connectivity index (χ0v) is 13.6. The highest BCUT2D eigenvalue weighted by Crippen LogP contribution is 2.25. The first kappa shape index (κ1) is 16.4. The van der Waals surface area contributed by atoms with Gasteiger partial charge in [0.15, 0.2) is 0 Å². The van der Waals surface area contributed by atoms with Gasteiger partial charge in [-0.1, -0.05) is 19.9 Å². The Balaban J connectivity index is 2.67. The summed E-state index contributed by atoms with van der Waals surface area (Å²) < 4.78 is 14.0. The first-order chi connectivity index (χ1) is 8.89. The summed E-state index contributed by atoms with van der Waals surface area (Å²) in [5.74, 6) is 0. The van der Waals surface area contributed by atoms with E-state index < -0.39 is 5.67 Å². The van der Waals surface area contributed by atoms with E-state index in [1.54, 1.807) is 18.3 Å². The molecule has 0 spiro atoms. The molecule has 0 aliphatic carbocycles. The SMILES string of the molecule is CC/C=C\c1scc(CN(C)CC(C)(F)CC)c1C. The summed E-state index contributed by atoms with van der Waals surface area (Å²) in [6.45, 7) is 9.18. The van der Waals surface area contributed by atoms with E-state index in [-0.39, 0.29) is 0 Å². The van der Waals surface area contributed by atoms with Crippen LogP contribution in [0.5, 0.6) is 0 Å². The van der Waals surface area contributed by atoms with Gasteiger partial charge in [0.2, 0.25) is 0 Å². The standard InChI is InChI=1S/C16H26FNS/c1-6-8-9-15-13(3)14(11-19-15)10-18(5)12-16(4,17)7-2/h8-9,11H,6-7,10,12H2,1-5H3/b9-8-. The molecular weight excluding hydrogens is 257 g/mol. The van der Waals surface area contributed by atoms with Crippen LogP contribution in [0.2, 0.25) is 0 Å². The molecule has 3 heteroatoms. The zero-order chi connectivity index (χ0) is 14.5. The van der Waals surface area contributed by atoms with E-state index in [2.05, 4.69) is 36.3 Å². The smallest absolute Gasteiger partial charge is 0.120 e. The third-order valence-corrected chi connectivity index (χ3v) is 4.56. The number of nitrogens with zero attached hydrogens (tertiary/aromatic N) is 1. The molecular formula is C16H26FNS. The van der Waals surface area contributed by atoms with Gasteiger partial charge in [-0.2, -0.15) is 0 Å². The van der Waals surface area contributed by atoms with Crippen LogP contribution in [0.25, 0.3) is 6.08 Å². The summed E-state index contributed by atoms with van der Waals surface area (Å²) in [5, 5.41) is 2.20. The first-order valence-corrected chi connectivity index (χ1v) is 7.88. The van der Waals surface area contributed by atoms with E-state index in [1.165, 1.54) is 16.0 Å². The van der Waals surface area contributed by atoms with Gasteiger partial charge in [0.1, 0.15) is 5.67 Å². The largest absolute Gasteiger partial charge is 0.299 e. The molecule has 0 saturated carbocycles. The summed E-state index contributed by atoms with van der Waals surface area (Å²) in [5.41, 5.74) is 1.55. The molecule has 0 amide bonds. The number of hydrogen-bond donors (Lipinski definition) is 0. The first-order valence-electron chi connectivity index (χ1n) is 7.00. The summed E-state index contributed by atoms with van der Waals surface area (Å²) >= 11 is 1.77. The molecule has 1 aromatic heterocycles. The molecule has 0 aliphatic heterocycles. The highest BCUT2D eigenvalue weighted by molar-refractivity contribution is 7.11. The summed E-state index contributed by atoms with van der Waals surface area (Å²) in [7, 11) is 1.99.